The Hall–Kier alpha value is -2.70. The van der Waals surface area contributed by atoms with Crippen LogP contribution < -0.4 is 10.6 Å². The molecule has 1 aliphatic rings. The fourth-order valence-electron chi connectivity index (χ4n) is 3.46. The summed E-state index contributed by atoms with van der Waals surface area (Å²) < 4.78 is 0. The van der Waals surface area contributed by atoms with Crippen LogP contribution in [0.1, 0.15) is 30.0 Å². The maximum Gasteiger partial charge on any atom is 0.222 e. The zero-order valence-electron chi connectivity index (χ0n) is 16.4. The Labute approximate surface area is 183 Å². The third-order valence-corrected chi connectivity index (χ3v) is 6.34. The normalized spacial score (nSPS) is 19.7. The minimum Gasteiger partial charge on any atom is -0.395 e. The molecule has 9 heteroatoms. The third-order valence-electron chi connectivity index (χ3n) is 5.09. The van der Waals surface area contributed by atoms with Crippen LogP contribution in [0.2, 0.25) is 5.02 Å². The van der Waals surface area contributed by atoms with Gasteiger partial charge in [-0.05, 0) is 24.6 Å². The van der Waals surface area contributed by atoms with Gasteiger partial charge in [0.2, 0.25) is 5.95 Å². The molecular weight excluding hydrogens is 422 g/mol. The SMILES string of the molecule is CC(O)(C#Cc1ccc2c(c1)N(c1nc(N)ncc1Cl)C[C@@]2(C)CO)c1nccs1. The highest BCUT2D eigenvalue weighted by atomic mass is 35.5. The third kappa shape index (κ3) is 3.61. The molecule has 0 amide bonds. The Balaban J connectivity index is 1.78. The molecule has 0 radical (unpaired) electrons. The monoisotopic (exact) mass is 441 g/mol. The van der Waals surface area contributed by atoms with E-state index in [1.165, 1.54) is 17.5 Å². The van der Waals surface area contributed by atoms with Gasteiger partial charge in [0, 0.05) is 34.8 Å². The number of nitrogens with zero attached hydrogens (tertiary/aromatic N) is 4. The lowest BCUT2D eigenvalue weighted by Gasteiger charge is -2.24. The van der Waals surface area contributed by atoms with Crippen LogP contribution in [0.3, 0.4) is 0 Å². The number of nitrogens with two attached hydrogens (primary N) is 1. The molecule has 1 aromatic carbocycles. The molecule has 3 aromatic rings. The van der Waals surface area contributed by atoms with Crippen LogP contribution in [0.25, 0.3) is 0 Å². The van der Waals surface area contributed by atoms with E-state index in [0.717, 1.165) is 11.3 Å². The van der Waals surface area contributed by atoms with Crippen LogP contribution in [-0.2, 0) is 11.0 Å². The maximum absolute atomic E-state index is 10.6. The van der Waals surface area contributed by atoms with Crippen molar-refractivity contribution in [3.05, 3.63) is 57.1 Å². The first-order chi connectivity index (χ1) is 14.2. The standard InChI is InChI=1S/C21H20ClN5O2S/c1-20(12-28)11-27(17-15(22)10-25-19(23)26-17)16-9-13(3-4-14(16)20)5-6-21(2,29)18-24-7-8-30-18/h3-4,7-10,28-29H,11-12H2,1-2H3,(H2,23,25,26)/t20-,21?/m0/s1. The van der Waals surface area contributed by atoms with E-state index < -0.39 is 11.0 Å². The highest BCUT2D eigenvalue weighted by Gasteiger charge is 2.40. The Kier molecular flexibility index (Phi) is 5.16. The van der Waals surface area contributed by atoms with Gasteiger partial charge in [-0.2, -0.15) is 4.98 Å². The van der Waals surface area contributed by atoms with Gasteiger partial charge >= 0.3 is 0 Å². The molecule has 0 fully saturated rings. The molecular formula is C21H20ClN5O2S. The number of aromatic nitrogens is 3. The second-order valence-electron chi connectivity index (χ2n) is 7.60. The molecule has 0 spiro atoms. The molecule has 2 atom stereocenters. The fraction of sp³-hybridized carbons (Fsp3) is 0.286. The van der Waals surface area contributed by atoms with Gasteiger partial charge in [0.05, 0.1) is 12.8 Å². The van der Waals surface area contributed by atoms with Gasteiger partial charge in [0.15, 0.2) is 11.4 Å². The molecule has 30 heavy (non-hydrogen) atoms. The summed E-state index contributed by atoms with van der Waals surface area (Å²) in [4.78, 5) is 14.3. The maximum atomic E-state index is 10.6. The van der Waals surface area contributed by atoms with Gasteiger partial charge in [-0.15, -0.1) is 11.3 Å². The van der Waals surface area contributed by atoms with Gasteiger partial charge in [0.1, 0.15) is 10.0 Å². The molecule has 4 rings (SSSR count). The number of halogens is 1. The van der Waals surface area contributed by atoms with Gasteiger partial charge < -0.3 is 20.8 Å². The molecule has 0 saturated heterocycles. The summed E-state index contributed by atoms with van der Waals surface area (Å²) in [5, 5.41) is 23.4. The number of benzene rings is 1. The highest BCUT2D eigenvalue weighted by Crippen LogP contribution is 2.45. The van der Waals surface area contributed by atoms with E-state index >= 15 is 0 Å². The summed E-state index contributed by atoms with van der Waals surface area (Å²) in [6, 6.07) is 5.71. The number of anilines is 3. The zero-order valence-corrected chi connectivity index (χ0v) is 18.0. The number of fused-ring (bicyclic) bond motifs is 1. The summed E-state index contributed by atoms with van der Waals surface area (Å²) in [6.07, 6.45) is 3.10. The number of hydrogen-bond acceptors (Lipinski definition) is 8. The summed E-state index contributed by atoms with van der Waals surface area (Å²) in [6.45, 7) is 4.02. The van der Waals surface area contributed by atoms with E-state index in [1.807, 2.05) is 30.0 Å². The Bertz CT molecular complexity index is 1160. The van der Waals surface area contributed by atoms with Crippen molar-refractivity contribution in [2.75, 3.05) is 23.8 Å². The number of nitrogen functional groups attached to an aromatic ring is 1. The average Bonchev–Trinajstić information content (AvgIpc) is 3.36. The smallest absolute Gasteiger partial charge is 0.222 e. The zero-order chi connectivity index (χ0) is 21.5. The van der Waals surface area contributed by atoms with Crippen LogP contribution in [-0.4, -0.2) is 38.3 Å². The van der Waals surface area contributed by atoms with Crippen molar-refractivity contribution in [2.24, 2.45) is 0 Å². The predicted octanol–water partition coefficient (Wildman–Crippen LogP) is 2.83. The highest BCUT2D eigenvalue weighted by molar-refractivity contribution is 7.09. The molecule has 0 bridgehead atoms. The second kappa shape index (κ2) is 7.52. The molecule has 2 aromatic heterocycles. The summed E-state index contributed by atoms with van der Waals surface area (Å²) in [5.74, 6) is 6.52. The predicted molar refractivity (Wildman–Crippen MR) is 118 cm³/mol. The van der Waals surface area contributed by atoms with E-state index in [4.69, 9.17) is 17.3 Å². The first-order valence-electron chi connectivity index (χ1n) is 9.20. The van der Waals surface area contributed by atoms with Gasteiger partial charge in [-0.3, -0.25) is 0 Å². The van der Waals surface area contributed by atoms with Crippen molar-refractivity contribution in [1.29, 1.82) is 0 Å². The van der Waals surface area contributed by atoms with Gasteiger partial charge in [-0.1, -0.05) is 36.4 Å². The van der Waals surface area contributed by atoms with Crippen LogP contribution >= 0.6 is 22.9 Å². The molecule has 1 unspecified atom stereocenters. The van der Waals surface area contributed by atoms with Crippen molar-refractivity contribution in [2.45, 2.75) is 24.9 Å². The van der Waals surface area contributed by atoms with Crippen LogP contribution in [0.4, 0.5) is 17.5 Å². The first kappa shape index (κ1) is 20.6. The minimum atomic E-state index is -1.35. The van der Waals surface area contributed by atoms with E-state index in [-0.39, 0.29) is 12.6 Å². The van der Waals surface area contributed by atoms with Crippen molar-refractivity contribution >= 4 is 40.4 Å². The lowest BCUT2D eigenvalue weighted by Crippen LogP contribution is -2.32. The van der Waals surface area contributed by atoms with E-state index in [0.29, 0.717) is 28.0 Å². The second-order valence-corrected chi connectivity index (χ2v) is 8.90. The van der Waals surface area contributed by atoms with Crippen LogP contribution in [0, 0.1) is 11.8 Å². The van der Waals surface area contributed by atoms with Crippen LogP contribution in [0.15, 0.2) is 36.0 Å². The lowest BCUT2D eigenvalue weighted by atomic mass is 9.85. The molecule has 7 nitrogen and oxygen atoms in total. The number of rotatable bonds is 3. The van der Waals surface area contributed by atoms with E-state index in [1.54, 1.807) is 18.5 Å². The fourth-order valence-corrected chi connectivity index (χ4v) is 4.30. The Morgan fingerprint density at radius 3 is 2.90 bits per heavy atom. The Morgan fingerprint density at radius 2 is 2.20 bits per heavy atom. The number of aliphatic hydroxyl groups is 2. The molecule has 3 heterocycles. The van der Waals surface area contributed by atoms with E-state index in [2.05, 4.69) is 26.8 Å². The molecule has 154 valence electrons. The summed E-state index contributed by atoms with van der Waals surface area (Å²) in [5.41, 5.74) is 6.41. The minimum absolute atomic E-state index is 0.0432. The number of hydrogen-bond donors (Lipinski definition) is 3. The van der Waals surface area contributed by atoms with Crippen molar-refractivity contribution in [3.63, 3.8) is 0 Å². The van der Waals surface area contributed by atoms with Crippen molar-refractivity contribution in [1.82, 2.24) is 15.0 Å². The van der Waals surface area contributed by atoms with Gasteiger partial charge in [0.25, 0.3) is 0 Å². The first-order valence-corrected chi connectivity index (χ1v) is 10.5. The average molecular weight is 442 g/mol. The lowest BCUT2D eigenvalue weighted by molar-refractivity contribution is 0.122. The summed E-state index contributed by atoms with van der Waals surface area (Å²) >= 11 is 7.69. The summed E-state index contributed by atoms with van der Waals surface area (Å²) in [7, 11) is 0. The van der Waals surface area contributed by atoms with Crippen LogP contribution in [0.5, 0.6) is 0 Å². The van der Waals surface area contributed by atoms with Gasteiger partial charge in [-0.25, -0.2) is 9.97 Å². The quantitative estimate of drug-likeness (QED) is 0.536. The Morgan fingerprint density at radius 1 is 1.40 bits per heavy atom. The molecule has 0 saturated carbocycles. The molecule has 4 N–H and O–H groups in total. The van der Waals surface area contributed by atoms with Crippen molar-refractivity contribution < 1.29 is 10.2 Å². The molecule has 1 aliphatic heterocycles. The molecule has 0 aliphatic carbocycles. The largest absolute Gasteiger partial charge is 0.395 e. The van der Waals surface area contributed by atoms with Crippen molar-refractivity contribution in [3.8, 4) is 11.8 Å². The topological polar surface area (TPSA) is 108 Å². The number of thiazole rings is 1. The number of aliphatic hydroxyl groups excluding tert-OH is 1. The van der Waals surface area contributed by atoms with E-state index in [9.17, 15) is 10.2 Å².